The lowest BCUT2D eigenvalue weighted by molar-refractivity contribution is -0.383. The van der Waals surface area contributed by atoms with Gasteiger partial charge in [-0.1, -0.05) is 32.6 Å². The average molecular weight is 661 g/mol. The number of halogens is 6. The molecule has 0 aromatic heterocycles. The van der Waals surface area contributed by atoms with Crippen molar-refractivity contribution in [2.45, 2.75) is 122 Å². The van der Waals surface area contributed by atoms with Crippen LogP contribution in [0, 0.1) is 58.7 Å². The first-order valence-electron chi connectivity index (χ1n) is 17.4. The molecule has 258 valence electrons. The number of hydrogen-bond donors (Lipinski definition) is 0. The Balaban J connectivity index is 1.19. The number of fused-ring (bicyclic) bond motifs is 2. The first-order valence-corrected chi connectivity index (χ1v) is 17.4. The Morgan fingerprint density at radius 3 is 1.48 bits per heavy atom. The maximum absolute atomic E-state index is 15.1. The van der Waals surface area contributed by atoms with Crippen molar-refractivity contribution >= 4 is 23.6 Å². The van der Waals surface area contributed by atoms with E-state index in [1.807, 2.05) is 0 Å². The third-order valence-electron chi connectivity index (χ3n) is 13.3. The summed E-state index contributed by atoms with van der Waals surface area (Å²) in [6.45, 7) is 2.28. The molecule has 12 heteroatoms. The second-order valence-corrected chi connectivity index (χ2v) is 15.6. The molecule has 46 heavy (non-hydrogen) atoms. The van der Waals surface area contributed by atoms with Crippen molar-refractivity contribution in [3.8, 4) is 0 Å². The average Bonchev–Trinajstić information content (AvgIpc) is 3.37. The summed E-state index contributed by atoms with van der Waals surface area (Å²) in [6, 6.07) is -0.361. The summed E-state index contributed by atoms with van der Waals surface area (Å²) in [4.78, 5) is 54.5. The largest absolute Gasteiger partial charge is 0.403 e. The number of alkyl halides is 6. The third kappa shape index (κ3) is 5.39. The van der Waals surface area contributed by atoms with E-state index < -0.39 is 103 Å². The van der Waals surface area contributed by atoms with Crippen LogP contribution in [0.5, 0.6) is 0 Å². The number of carbonyl (C=O) groups excluding carboxylic acids is 4. The van der Waals surface area contributed by atoms with Gasteiger partial charge in [-0.15, -0.1) is 0 Å². The summed E-state index contributed by atoms with van der Waals surface area (Å²) >= 11 is 0. The summed E-state index contributed by atoms with van der Waals surface area (Å²) in [5, 5.41) is 0. The van der Waals surface area contributed by atoms with Gasteiger partial charge in [0.1, 0.15) is 0 Å². The smallest absolute Gasteiger partial charge is 0.285 e. The number of amides is 4. The van der Waals surface area contributed by atoms with E-state index >= 15 is 26.3 Å². The van der Waals surface area contributed by atoms with Gasteiger partial charge in [0.15, 0.2) is 5.41 Å². The maximum atomic E-state index is 15.1. The normalized spacial score (nSPS) is 39.6. The zero-order valence-corrected chi connectivity index (χ0v) is 26.7. The van der Waals surface area contributed by atoms with Crippen molar-refractivity contribution in [3.05, 3.63) is 0 Å². The van der Waals surface area contributed by atoms with Crippen molar-refractivity contribution in [1.82, 2.24) is 9.80 Å². The molecule has 0 aromatic carbocycles. The van der Waals surface area contributed by atoms with Crippen LogP contribution in [-0.4, -0.2) is 58.9 Å². The van der Waals surface area contributed by atoms with Gasteiger partial charge in [-0.3, -0.25) is 29.0 Å². The molecule has 6 fully saturated rings. The predicted molar refractivity (Wildman–Crippen MR) is 154 cm³/mol. The van der Waals surface area contributed by atoms with Crippen LogP contribution in [0.1, 0.15) is 103 Å². The van der Waals surface area contributed by atoms with E-state index in [1.165, 1.54) is 37.6 Å². The van der Waals surface area contributed by atoms with Gasteiger partial charge in [-0.05, 0) is 100 Å². The van der Waals surface area contributed by atoms with Crippen molar-refractivity contribution in [2.24, 2.45) is 58.7 Å². The van der Waals surface area contributed by atoms with E-state index in [0.29, 0.717) is 24.7 Å². The van der Waals surface area contributed by atoms with E-state index in [9.17, 15) is 19.2 Å². The van der Waals surface area contributed by atoms with Crippen LogP contribution >= 0.6 is 0 Å². The number of nitrogens with zero attached hydrogens (tertiary/aromatic N) is 2. The lowest BCUT2D eigenvalue weighted by atomic mass is 9.54. The van der Waals surface area contributed by atoms with Gasteiger partial charge in [0.2, 0.25) is 23.6 Å². The lowest BCUT2D eigenvalue weighted by Crippen LogP contribution is -2.61. The summed E-state index contributed by atoms with van der Waals surface area (Å²) in [5.74, 6) is -8.59. The Bertz CT molecular complexity index is 1200. The molecule has 4 saturated carbocycles. The summed E-state index contributed by atoms with van der Waals surface area (Å²) in [7, 11) is 1.21. The first-order chi connectivity index (χ1) is 21.6. The summed E-state index contributed by atoms with van der Waals surface area (Å²) < 4.78 is 90.6. The van der Waals surface area contributed by atoms with Gasteiger partial charge in [-0.2, -0.15) is 26.3 Å². The van der Waals surface area contributed by atoms with Gasteiger partial charge < -0.3 is 0 Å². The Kier molecular flexibility index (Phi) is 8.86. The standard InChI is InChI=1S/C34H46F6N2O4/c1-18-3-5-19(6-4-18)15-20-7-11-23(12-8-20)42-30(45)25-14-10-22(17-27(25)31(42)46)32(33(35,36)37,34(38,39)40)21-9-13-24-26(16-21)29(44)41(2)28(24)43/h18-27H,3-17H2,1-2H3. The van der Waals surface area contributed by atoms with E-state index in [-0.39, 0.29) is 18.9 Å². The highest BCUT2D eigenvalue weighted by molar-refractivity contribution is 6.06. The number of likely N-dealkylation sites (tertiary alicyclic amines) is 2. The highest BCUT2D eigenvalue weighted by Gasteiger charge is 2.78. The van der Waals surface area contributed by atoms with Crippen LogP contribution in [-0.2, 0) is 19.2 Å². The van der Waals surface area contributed by atoms with Gasteiger partial charge in [0, 0.05) is 13.1 Å². The van der Waals surface area contributed by atoms with E-state index in [0.717, 1.165) is 30.1 Å². The molecule has 4 aliphatic carbocycles. The monoisotopic (exact) mass is 660 g/mol. The Labute approximate surface area is 266 Å². The van der Waals surface area contributed by atoms with Crippen LogP contribution < -0.4 is 0 Å². The molecule has 6 nitrogen and oxygen atoms in total. The van der Waals surface area contributed by atoms with Gasteiger partial charge in [0.25, 0.3) is 0 Å². The zero-order valence-electron chi connectivity index (χ0n) is 26.7. The minimum absolute atomic E-state index is 0.210. The third-order valence-corrected chi connectivity index (χ3v) is 13.3. The SMILES string of the molecule is CC1CCC(CC2CCC(N3C(=O)C4CCC(C(C5CCC6C(=O)N(C)C(=O)C6C5)(C(F)(F)F)C(F)(F)F)CC4C3=O)CC2)CC1. The molecule has 0 aromatic rings. The number of rotatable bonds is 5. The molecule has 0 bridgehead atoms. The van der Waals surface area contributed by atoms with Gasteiger partial charge in [0.05, 0.1) is 23.7 Å². The van der Waals surface area contributed by atoms with Gasteiger partial charge >= 0.3 is 12.4 Å². The lowest BCUT2D eigenvalue weighted by Gasteiger charge is -2.52. The fourth-order valence-corrected chi connectivity index (χ4v) is 10.8. The molecular formula is C34H46F6N2O4. The van der Waals surface area contributed by atoms with Crippen molar-refractivity contribution in [2.75, 3.05) is 7.05 Å². The molecule has 4 amide bonds. The summed E-state index contributed by atoms with van der Waals surface area (Å²) in [6.07, 6.45) is -5.20. The highest BCUT2D eigenvalue weighted by atomic mass is 19.4. The molecule has 0 spiro atoms. The van der Waals surface area contributed by atoms with Crippen molar-refractivity contribution < 1.29 is 45.5 Å². The van der Waals surface area contributed by atoms with E-state index in [2.05, 4.69) is 6.92 Å². The first kappa shape index (κ1) is 33.7. The molecule has 2 saturated heterocycles. The number of hydrogen-bond acceptors (Lipinski definition) is 4. The molecule has 6 atom stereocenters. The maximum Gasteiger partial charge on any atom is 0.403 e. The van der Waals surface area contributed by atoms with Crippen LogP contribution in [0.25, 0.3) is 0 Å². The predicted octanol–water partition coefficient (Wildman–Crippen LogP) is 7.31. The van der Waals surface area contributed by atoms with Crippen LogP contribution in [0.4, 0.5) is 26.3 Å². The molecule has 6 rings (SSSR count). The Hall–Kier alpha value is -2.14. The number of carbonyl (C=O) groups is 4. The topological polar surface area (TPSA) is 74.8 Å². The van der Waals surface area contributed by atoms with Crippen LogP contribution in [0.15, 0.2) is 0 Å². The quantitative estimate of drug-likeness (QED) is 0.229. The fraction of sp³-hybridized carbons (Fsp3) is 0.882. The van der Waals surface area contributed by atoms with Gasteiger partial charge in [-0.25, -0.2) is 0 Å². The van der Waals surface area contributed by atoms with E-state index in [1.54, 1.807) is 0 Å². The molecule has 0 radical (unpaired) electrons. The van der Waals surface area contributed by atoms with Crippen LogP contribution in [0.2, 0.25) is 0 Å². The molecule has 2 aliphatic heterocycles. The summed E-state index contributed by atoms with van der Waals surface area (Å²) in [5.41, 5.74) is -4.15. The minimum Gasteiger partial charge on any atom is -0.285 e. The minimum atomic E-state index is -5.71. The fourth-order valence-electron chi connectivity index (χ4n) is 10.8. The molecule has 2 heterocycles. The Morgan fingerprint density at radius 2 is 0.978 bits per heavy atom. The second kappa shape index (κ2) is 12.1. The highest BCUT2D eigenvalue weighted by Crippen LogP contribution is 2.67. The van der Waals surface area contributed by atoms with Crippen molar-refractivity contribution in [3.63, 3.8) is 0 Å². The second-order valence-electron chi connectivity index (χ2n) is 15.6. The zero-order chi connectivity index (χ0) is 33.3. The Morgan fingerprint density at radius 1 is 0.565 bits per heavy atom. The molecular weight excluding hydrogens is 614 g/mol. The molecule has 6 aliphatic rings. The molecule has 6 unspecified atom stereocenters. The number of imide groups is 2. The molecule has 0 N–H and O–H groups in total. The van der Waals surface area contributed by atoms with E-state index in [4.69, 9.17) is 0 Å². The van der Waals surface area contributed by atoms with Crippen molar-refractivity contribution in [1.29, 1.82) is 0 Å². The van der Waals surface area contributed by atoms with Crippen LogP contribution in [0.3, 0.4) is 0 Å².